The average Bonchev–Trinajstić information content (AvgIpc) is 2.42. The average molecular weight is 247 g/mol. The van der Waals surface area contributed by atoms with E-state index < -0.39 is 0 Å². The Kier molecular flexibility index (Phi) is 7.12. The van der Waals surface area contributed by atoms with Crippen molar-refractivity contribution in [2.45, 2.75) is 13.5 Å². The molecule has 0 radical (unpaired) electrons. The summed E-state index contributed by atoms with van der Waals surface area (Å²) in [6, 6.07) is 8.05. The monoisotopic (exact) mass is 247 g/mol. The van der Waals surface area contributed by atoms with E-state index in [2.05, 4.69) is 29.7 Å². The lowest BCUT2D eigenvalue weighted by Crippen LogP contribution is -2.27. The summed E-state index contributed by atoms with van der Waals surface area (Å²) in [6.07, 6.45) is 0. The van der Waals surface area contributed by atoms with Crippen LogP contribution >= 0.6 is 0 Å². The maximum atomic E-state index is 8.76. The fourth-order valence-corrected chi connectivity index (χ4v) is 1.73. The molecule has 1 aromatic rings. The minimum atomic E-state index is -0.102. The molecule has 98 valence electrons. The summed E-state index contributed by atoms with van der Waals surface area (Å²) >= 11 is 0. The van der Waals surface area contributed by atoms with Gasteiger partial charge in [-0.3, -0.25) is 4.90 Å². The van der Waals surface area contributed by atoms with Crippen molar-refractivity contribution in [2.24, 2.45) is 0 Å². The van der Waals surface area contributed by atoms with Gasteiger partial charge >= 0.3 is 0 Å². The molecule has 0 aliphatic carbocycles. The lowest BCUT2D eigenvalue weighted by Gasteiger charge is -2.20. The minimum absolute atomic E-state index is 0.102. The Morgan fingerprint density at radius 2 is 2.11 bits per heavy atom. The molecule has 0 aliphatic rings. The second-order valence-corrected chi connectivity index (χ2v) is 3.98. The lowest BCUT2D eigenvalue weighted by atomic mass is 10.1. The highest BCUT2D eigenvalue weighted by atomic mass is 16.5. The number of methoxy groups -OCH3 is 1. The van der Waals surface area contributed by atoms with Crippen molar-refractivity contribution in [3.05, 3.63) is 35.4 Å². The summed E-state index contributed by atoms with van der Waals surface area (Å²) in [5, 5.41) is 8.76. The topological polar surface area (TPSA) is 32.7 Å². The Morgan fingerprint density at radius 3 is 2.78 bits per heavy atom. The molecule has 0 saturated carbocycles. The van der Waals surface area contributed by atoms with Crippen molar-refractivity contribution in [1.29, 1.82) is 0 Å². The second kappa shape index (κ2) is 8.71. The van der Waals surface area contributed by atoms with Crippen molar-refractivity contribution in [3.8, 4) is 11.8 Å². The van der Waals surface area contributed by atoms with Crippen molar-refractivity contribution in [2.75, 3.05) is 33.4 Å². The number of hydrogen-bond acceptors (Lipinski definition) is 3. The maximum Gasteiger partial charge on any atom is 0.104 e. The van der Waals surface area contributed by atoms with Crippen LogP contribution in [0, 0.1) is 11.8 Å². The predicted molar refractivity (Wildman–Crippen MR) is 73.2 cm³/mol. The molecule has 1 N–H and O–H groups in total. The molecule has 0 aromatic heterocycles. The summed E-state index contributed by atoms with van der Waals surface area (Å²) in [5.41, 5.74) is 2.18. The van der Waals surface area contributed by atoms with E-state index >= 15 is 0 Å². The Morgan fingerprint density at radius 1 is 1.33 bits per heavy atom. The van der Waals surface area contributed by atoms with Crippen LogP contribution in [0.2, 0.25) is 0 Å². The highest BCUT2D eigenvalue weighted by Gasteiger charge is 2.06. The molecule has 0 spiro atoms. The first-order chi connectivity index (χ1) is 8.81. The first-order valence-electron chi connectivity index (χ1n) is 6.20. The molecule has 3 nitrogen and oxygen atoms in total. The second-order valence-electron chi connectivity index (χ2n) is 3.98. The Balaban J connectivity index is 2.75. The first kappa shape index (κ1) is 14.7. The number of ether oxygens (including phenoxy) is 1. The number of aliphatic hydroxyl groups excluding tert-OH is 1. The fraction of sp³-hybridized carbons (Fsp3) is 0.467. The van der Waals surface area contributed by atoms with Crippen LogP contribution in [0.25, 0.3) is 0 Å². The maximum absolute atomic E-state index is 8.76. The van der Waals surface area contributed by atoms with Gasteiger partial charge in [0.2, 0.25) is 0 Å². The largest absolute Gasteiger partial charge is 0.384 e. The normalized spacial score (nSPS) is 10.2. The number of likely N-dealkylation sites (N-methyl/N-ethyl adjacent to an activating group) is 1. The molecule has 18 heavy (non-hydrogen) atoms. The van der Waals surface area contributed by atoms with Gasteiger partial charge in [-0.05, 0) is 18.2 Å². The van der Waals surface area contributed by atoms with E-state index in [1.165, 1.54) is 5.56 Å². The van der Waals surface area contributed by atoms with Crippen molar-refractivity contribution >= 4 is 0 Å². The molecule has 0 saturated heterocycles. The van der Waals surface area contributed by atoms with Crippen LogP contribution in [0.4, 0.5) is 0 Å². The summed E-state index contributed by atoms with van der Waals surface area (Å²) in [5.74, 6) is 5.69. The molecular formula is C15H21NO2. The Labute approximate surface area is 109 Å². The van der Waals surface area contributed by atoms with Gasteiger partial charge in [0.15, 0.2) is 0 Å². The lowest BCUT2D eigenvalue weighted by molar-refractivity contribution is 0.147. The SMILES string of the molecule is CCN(CCOC)Cc1ccccc1C#CCO. The van der Waals surface area contributed by atoms with Gasteiger partial charge in [-0.2, -0.15) is 0 Å². The van der Waals surface area contributed by atoms with E-state index in [0.29, 0.717) is 0 Å². The highest BCUT2D eigenvalue weighted by Crippen LogP contribution is 2.10. The van der Waals surface area contributed by atoms with Gasteiger partial charge in [0, 0.05) is 25.8 Å². The Hall–Kier alpha value is -1.34. The number of aliphatic hydroxyl groups is 1. The summed E-state index contributed by atoms with van der Waals surface area (Å²) in [6.45, 7) is 5.52. The van der Waals surface area contributed by atoms with Crippen LogP contribution in [-0.4, -0.2) is 43.4 Å². The van der Waals surface area contributed by atoms with Gasteiger partial charge in [-0.1, -0.05) is 37.0 Å². The molecule has 1 rings (SSSR count). The minimum Gasteiger partial charge on any atom is -0.384 e. The smallest absolute Gasteiger partial charge is 0.104 e. The number of nitrogens with zero attached hydrogens (tertiary/aromatic N) is 1. The number of rotatable bonds is 6. The van der Waals surface area contributed by atoms with Crippen molar-refractivity contribution < 1.29 is 9.84 Å². The zero-order valence-corrected chi connectivity index (χ0v) is 11.1. The fourth-order valence-electron chi connectivity index (χ4n) is 1.73. The third-order valence-corrected chi connectivity index (χ3v) is 2.77. The molecule has 3 heteroatoms. The molecule has 0 fully saturated rings. The van der Waals surface area contributed by atoms with Gasteiger partial charge in [-0.15, -0.1) is 0 Å². The van der Waals surface area contributed by atoms with Crippen molar-refractivity contribution in [1.82, 2.24) is 4.90 Å². The van der Waals surface area contributed by atoms with E-state index in [0.717, 1.165) is 31.8 Å². The summed E-state index contributed by atoms with van der Waals surface area (Å²) < 4.78 is 5.10. The summed E-state index contributed by atoms with van der Waals surface area (Å²) in [4.78, 5) is 2.31. The zero-order chi connectivity index (χ0) is 13.2. The van der Waals surface area contributed by atoms with Crippen LogP contribution in [-0.2, 0) is 11.3 Å². The number of benzene rings is 1. The third-order valence-electron chi connectivity index (χ3n) is 2.77. The van der Waals surface area contributed by atoms with E-state index in [1.807, 2.05) is 18.2 Å². The molecule has 0 heterocycles. The molecule has 0 atom stereocenters. The van der Waals surface area contributed by atoms with Crippen LogP contribution in [0.1, 0.15) is 18.1 Å². The molecule has 1 aromatic carbocycles. The Bertz CT molecular complexity index is 406. The van der Waals surface area contributed by atoms with Crippen LogP contribution in [0.15, 0.2) is 24.3 Å². The van der Waals surface area contributed by atoms with Gasteiger partial charge in [0.25, 0.3) is 0 Å². The zero-order valence-electron chi connectivity index (χ0n) is 11.1. The standard InChI is InChI=1S/C15H21NO2/c1-3-16(10-12-18-2)13-15-8-5-4-7-14(15)9-6-11-17/h4-5,7-8,17H,3,10-13H2,1-2H3. The molecule has 0 amide bonds. The van der Waals surface area contributed by atoms with Gasteiger partial charge < -0.3 is 9.84 Å². The third kappa shape index (κ3) is 4.89. The summed E-state index contributed by atoms with van der Waals surface area (Å²) in [7, 11) is 1.72. The van der Waals surface area contributed by atoms with E-state index in [-0.39, 0.29) is 6.61 Å². The number of hydrogen-bond donors (Lipinski definition) is 1. The van der Waals surface area contributed by atoms with Crippen LogP contribution < -0.4 is 0 Å². The van der Waals surface area contributed by atoms with Crippen LogP contribution in [0.3, 0.4) is 0 Å². The molecular weight excluding hydrogens is 226 g/mol. The van der Waals surface area contributed by atoms with Gasteiger partial charge in [0.1, 0.15) is 6.61 Å². The highest BCUT2D eigenvalue weighted by molar-refractivity contribution is 5.41. The molecule has 0 unspecified atom stereocenters. The van der Waals surface area contributed by atoms with Crippen LogP contribution in [0.5, 0.6) is 0 Å². The molecule has 0 aliphatic heterocycles. The quantitative estimate of drug-likeness (QED) is 0.773. The molecule has 0 bridgehead atoms. The van der Waals surface area contributed by atoms with Gasteiger partial charge in [-0.25, -0.2) is 0 Å². The predicted octanol–water partition coefficient (Wildman–Crippen LogP) is 1.50. The first-order valence-corrected chi connectivity index (χ1v) is 6.20. The van der Waals surface area contributed by atoms with Crippen molar-refractivity contribution in [3.63, 3.8) is 0 Å². The van der Waals surface area contributed by atoms with E-state index in [1.54, 1.807) is 7.11 Å². The van der Waals surface area contributed by atoms with Gasteiger partial charge in [0.05, 0.1) is 6.61 Å². The van der Waals surface area contributed by atoms with E-state index in [9.17, 15) is 0 Å². The van der Waals surface area contributed by atoms with E-state index in [4.69, 9.17) is 9.84 Å².